The van der Waals surface area contributed by atoms with Crippen LogP contribution in [-0.4, -0.2) is 43.3 Å². The normalized spacial score (nSPS) is 10.4. The maximum atomic E-state index is 5.11. The lowest BCUT2D eigenvalue weighted by atomic mass is 10.3. The average Bonchev–Trinajstić information content (AvgIpc) is 2.34. The maximum absolute atomic E-state index is 5.11. The molecule has 0 aliphatic rings. The Morgan fingerprint density at radius 3 is 2.71 bits per heavy atom. The van der Waals surface area contributed by atoms with Crippen molar-refractivity contribution < 1.29 is 4.74 Å². The largest absolute Gasteiger partial charge is 0.383 e. The highest BCUT2D eigenvalue weighted by atomic mass is 16.5. The fourth-order valence-electron chi connectivity index (χ4n) is 1.72. The molecule has 0 aliphatic heterocycles. The predicted molar refractivity (Wildman–Crippen MR) is 70.7 cm³/mol. The predicted octanol–water partition coefficient (Wildman–Crippen LogP) is 1.69. The summed E-state index contributed by atoms with van der Waals surface area (Å²) in [6, 6.07) is 0. The molecule has 1 N–H and O–H groups in total. The van der Waals surface area contributed by atoms with Crippen molar-refractivity contribution in [1.29, 1.82) is 0 Å². The van der Waals surface area contributed by atoms with E-state index < -0.39 is 0 Å². The molecule has 1 aromatic rings. The van der Waals surface area contributed by atoms with E-state index in [1.54, 1.807) is 13.4 Å². The van der Waals surface area contributed by atoms with Crippen LogP contribution >= 0.6 is 0 Å². The fourth-order valence-corrected chi connectivity index (χ4v) is 1.72. The number of rotatable bonds is 7. The summed E-state index contributed by atoms with van der Waals surface area (Å²) in [6.07, 6.45) is 1.61. The first kappa shape index (κ1) is 13.7. The Morgan fingerprint density at radius 1 is 1.35 bits per heavy atom. The highest BCUT2D eigenvalue weighted by Crippen LogP contribution is 2.21. The number of ether oxygens (including phenoxy) is 1. The van der Waals surface area contributed by atoms with Crippen LogP contribution in [0.15, 0.2) is 6.33 Å². The van der Waals surface area contributed by atoms with Gasteiger partial charge in [-0.1, -0.05) is 0 Å². The monoisotopic (exact) mass is 238 g/mol. The zero-order chi connectivity index (χ0) is 12.7. The number of nitrogens with zero attached hydrogens (tertiary/aromatic N) is 3. The third-order valence-corrected chi connectivity index (χ3v) is 2.65. The standard InChI is InChI=1S/C12H22N4O/c1-5-13-11-10(3)12(15-9-14-11)16(6-2)7-8-17-4/h9H,5-8H2,1-4H3,(H,13,14,15). The Balaban J connectivity index is 2.90. The quantitative estimate of drug-likeness (QED) is 0.783. The van der Waals surface area contributed by atoms with E-state index in [0.29, 0.717) is 6.61 Å². The molecular weight excluding hydrogens is 216 g/mol. The second kappa shape index (κ2) is 7.06. The highest BCUT2D eigenvalue weighted by molar-refractivity contribution is 5.57. The Labute approximate surface area is 103 Å². The van der Waals surface area contributed by atoms with Crippen molar-refractivity contribution in [3.05, 3.63) is 11.9 Å². The first-order valence-corrected chi connectivity index (χ1v) is 6.03. The minimum Gasteiger partial charge on any atom is -0.383 e. The highest BCUT2D eigenvalue weighted by Gasteiger charge is 2.12. The minimum absolute atomic E-state index is 0.702. The Bertz CT molecular complexity index is 343. The number of anilines is 2. The smallest absolute Gasteiger partial charge is 0.137 e. The Hall–Kier alpha value is -1.36. The summed E-state index contributed by atoms with van der Waals surface area (Å²) >= 11 is 0. The lowest BCUT2D eigenvalue weighted by molar-refractivity contribution is 0.205. The van der Waals surface area contributed by atoms with E-state index >= 15 is 0 Å². The number of likely N-dealkylation sites (N-methyl/N-ethyl adjacent to an activating group) is 1. The van der Waals surface area contributed by atoms with Gasteiger partial charge < -0.3 is 15.0 Å². The molecule has 0 atom stereocenters. The van der Waals surface area contributed by atoms with E-state index in [0.717, 1.165) is 36.8 Å². The number of hydrogen-bond donors (Lipinski definition) is 1. The van der Waals surface area contributed by atoms with Gasteiger partial charge in [0.25, 0.3) is 0 Å². The third kappa shape index (κ3) is 3.56. The van der Waals surface area contributed by atoms with Gasteiger partial charge in [-0.2, -0.15) is 0 Å². The second-order valence-corrected chi connectivity index (χ2v) is 3.77. The Kier molecular flexibility index (Phi) is 5.69. The maximum Gasteiger partial charge on any atom is 0.137 e. The lowest BCUT2D eigenvalue weighted by Gasteiger charge is -2.23. The number of aromatic nitrogens is 2. The topological polar surface area (TPSA) is 50.3 Å². The molecule has 0 spiro atoms. The van der Waals surface area contributed by atoms with Gasteiger partial charge >= 0.3 is 0 Å². The van der Waals surface area contributed by atoms with Crippen LogP contribution in [0.5, 0.6) is 0 Å². The van der Waals surface area contributed by atoms with Gasteiger partial charge in [0.05, 0.1) is 6.61 Å². The number of hydrogen-bond acceptors (Lipinski definition) is 5. The van der Waals surface area contributed by atoms with Gasteiger partial charge in [0.2, 0.25) is 0 Å². The van der Waals surface area contributed by atoms with E-state index in [2.05, 4.69) is 34.0 Å². The average molecular weight is 238 g/mol. The molecule has 0 aromatic carbocycles. The molecule has 0 saturated heterocycles. The van der Waals surface area contributed by atoms with Crippen molar-refractivity contribution in [2.45, 2.75) is 20.8 Å². The summed E-state index contributed by atoms with van der Waals surface area (Å²) in [6.45, 7) is 9.54. The van der Waals surface area contributed by atoms with Crippen LogP contribution in [0.4, 0.5) is 11.6 Å². The van der Waals surface area contributed by atoms with Crippen LogP contribution in [0.3, 0.4) is 0 Å². The molecule has 0 bridgehead atoms. The molecule has 0 fully saturated rings. The molecule has 0 saturated carbocycles. The van der Waals surface area contributed by atoms with Crippen LogP contribution in [0, 0.1) is 6.92 Å². The zero-order valence-electron chi connectivity index (χ0n) is 11.2. The minimum atomic E-state index is 0.702. The number of nitrogens with one attached hydrogen (secondary N) is 1. The molecule has 0 unspecified atom stereocenters. The van der Waals surface area contributed by atoms with E-state index in [-0.39, 0.29) is 0 Å². The van der Waals surface area contributed by atoms with Gasteiger partial charge in [0, 0.05) is 32.3 Å². The Morgan fingerprint density at radius 2 is 2.12 bits per heavy atom. The van der Waals surface area contributed by atoms with E-state index in [1.165, 1.54) is 0 Å². The van der Waals surface area contributed by atoms with Crippen LogP contribution in [-0.2, 0) is 4.74 Å². The molecule has 96 valence electrons. The van der Waals surface area contributed by atoms with Crippen LogP contribution < -0.4 is 10.2 Å². The van der Waals surface area contributed by atoms with Gasteiger partial charge in [0.1, 0.15) is 18.0 Å². The molecule has 1 heterocycles. The molecule has 0 aliphatic carbocycles. The fraction of sp³-hybridized carbons (Fsp3) is 0.667. The van der Waals surface area contributed by atoms with Gasteiger partial charge in [-0.3, -0.25) is 0 Å². The molecule has 0 radical (unpaired) electrons. The van der Waals surface area contributed by atoms with Gasteiger partial charge in [0.15, 0.2) is 0 Å². The molecular formula is C12H22N4O. The molecule has 5 nitrogen and oxygen atoms in total. The SMILES string of the molecule is CCNc1ncnc(N(CC)CCOC)c1C. The number of methoxy groups -OCH3 is 1. The van der Waals surface area contributed by atoms with Crippen LogP contribution in [0.25, 0.3) is 0 Å². The van der Waals surface area contributed by atoms with E-state index in [1.807, 2.05) is 6.92 Å². The summed E-state index contributed by atoms with van der Waals surface area (Å²) < 4.78 is 5.11. The van der Waals surface area contributed by atoms with Crippen molar-refractivity contribution in [2.24, 2.45) is 0 Å². The van der Waals surface area contributed by atoms with Crippen molar-refractivity contribution in [3.63, 3.8) is 0 Å². The summed E-state index contributed by atoms with van der Waals surface area (Å²) in [7, 11) is 1.71. The van der Waals surface area contributed by atoms with Crippen molar-refractivity contribution >= 4 is 11.6 Å². The molecule has 1 aromatic heterocycles. The summed E-state index contributed by atoms with van der Waals surface area (Å²) in [5, 5.41) is 3.24. The molecule has 1 rings (SSSR count). The van der Waals surface area contributed by atoms with Crippen molar-refractivity contribution in [2.75, 3.05) is 43.6 Å². The van der Waals surface area contributed by atoms with Crippen LogP contribution in [0.1, 0.15) is 19.4 Å². The molecule has 17 heavy (non-hydrogen) atoms. The van der Waals surface area contributed by atoms with E-state index in [9.17, 15) is 0 Å². The van der Waals surface area contributed by atoms with Gasteiger partial charge in [-0.05, 0) is 20.8 Å². The van der Waals surface area contributed by atoms with Gasteiger partial charge in [-0.25, -0.2) is 9.97 Å². The summed E-state index contributed by atoms with van der Waals surface area (Å²) in [4.78, 5) is 10.8. The molecule has 0 amide bonds. The first-order valence-electron chi connectivity index (χ1n) is 6.03. The summed E-state index contributed by atoms with van der Waals surface area (Å²) in [5.41, 5.74) is 1.09. The van der Waals surface area contributed by atoms with Crippen molar-refractivity contribution in [3.8, 4) is 0 Å². The molecule has 5 heteroatoms. The van der Waals surface area contributed by atoms with Gasteiger partial charge in [-0.15, -0.1) is 0 Å². The summed E-state index contributed by atoms with van der Waals surface area (Å²) in [5.74, 6) is 1.89. The second-order valence-electron chi connectivity index (χ2n) is 3.77. The van der Waals surface area contributed by atoms with Crippen LogP contribution in [0.2, 0.25) is 0 Å². The third-order valence-electron chi connectivity index (χ3n) is 2.65. The first-order chi connectivity index (χ1) is 8.24. The zero-order valence-corrected chi connectivity index (χ0v) is 11.2. The van der Waals surface area contributed by atoms with Crippen molar-refractivity contribution in [1.82, 2.24) is 9.97 Å². The van der Waals surface area contributed by atoms with E-state index in [4.69, 9.17) is 4.74 Å². The lowest BCUT2D eigenvalue weighted by Crippen LogP contribution is -2.28.